The van der Waals surface area contributed by atoms with Gasteiger partial charge >= 0.3 is 0 Å². The molecule has 1 aliphatic carbocycles. The van der Waals surface area contributed by atoms with E-state index in [0.717, 1.165) is 18.8 Å². The van der Waals surface area contributed by atoms with Crippen LogP contribution < -0.4 is 0 Å². The first kappa shape index (κ1) is 7.58. The molecule has 0 spiro atoms. The normalized spacial score (nSPS) is 26.2. The second-order valence-corrected chi connectivity index (χ2v) is 3.02. The third kappa shape index (κ3) is 2.01. The van der Waals surface area contributed by atoms with Gasteiger partial charge in [0.15, 0.2) is 0 Å². The van der Waals surface area contributed by atoms with Crippen LogP contribution in [-0.2, 0) is 4.84 Å². The average molecular weight is 141 g/mol. The summed E-state index contributed by atoms with van der Waals surface area (Å²) in [5.74, 6) is 0.885. The first-order valence-electron chi connectivity index (χ1n) is 3.92. The maximum atomic E-state index is 4.70. The van der Waals surface area contributed by atoms with E-state index in [4.69, 9.17) is 4.84 Å². The number of rotatable bonds is 1. The van der Waals surface area contributed by atoms with Crippen molar-refractivity contribution in [2.45, 2.75) is 32.6 Å². The van der Waals surface area contributed by atoms with E-state index < -0.39 is 0 Å². The van der Waals surface area contributed by atoms with Crippen molar-refractivity contribution in [3.63, 3.8) is 0 Å². The lowest BCUT2D eigenvalue weighted by molar-refractivity contribution is 0.210. The van der Waals surface area contributed by atoms with Crippen LogP contribution in [0.15, 0.2) is 5.16 Å². The largest absolute Gasteiger partial charge is 0.399 e. The van der Waals surface area contributed by atoms with Crippen LogP contribution in [-0.4, -0.2) is 12.8 Å². The van der Waals surface area contributed by atoms with Crippen LogP contribution >= 0.6 is 0 Å². The molecule has 0 saturated heterocycles. The van der Waals surface area contributed by atoms with Gasteiger partial charge in [0.2, 0.25) is 0 Å². The summed E-state index contributed by atoms with van der Waals surface area (Å²) >= 11 is 0. The molecule has 0 heterocycles. The summed E-state index contributed by atoms with van der Waals surface area (Å²) in [5.41, 5.74) is 1.24. The summed E-state index contributed by atoms with van der Waals surface area (Å²) < 4.78 is 0. The van der Waals surface area contributed by atoms with Gasteiger partial charge in [0.1, 0.15) is 7.11 Å². The minimum atomic E-state index is 0.885. The lowest BCUT2D eigenvalue weighted by Gasteiger charge is -2.17. The first-order valence-corrected chi connectivity index (χ1v) is 3.92. The van der Waals surface area contributed by atoms with Gasteiger partial charge in [-0.15, -0.1) is 0 Å². The van der Waals surface area contributed by atoms with Crippen molar-refractivity contribution in [2.24, 2.45) is 11.1 Å². The monoisotopic (exact) mass is 141 g/mol. The van der Waals surface area contributed by atoms with E-state index in [1.165, 1.54) is 18.6 Å². The maximum absolute atomic E-state index is 4.70. The number of hydrogen-bond donors (Lipinski definition) is 0. The number of hydrogen-bond acceptors (Lipinski definition) is 2. The minimum absolute atomic E-state index is 0.885. The third-order valence-corrected chi connectivity index (χ3v) is 2.07. The molecular weight excluding hydrogens is 126 g/mol. The predicted molar refractivity (Wildman–Crippen MR) is 42.1 cm³/mol. The van der Waals surface area contributed by atoms with E-state index >= 15 is 0 Å². The molecule has 1 saturated carbocycles. The molecule has 0 N–H and O–H groups in total. The second kappa shape index (κ2) is 3.59. The molecular formula is C8H15NO. The summed E-state index contributed by atoms with van der Waals surface area (Å²) in [5, 5.41) is 3.93. The van der Waals surface area contributed by atoms with Gasteiger partial charge < -0.3 is 4.84 Å². The standard InChI is InChI=1S/C8H15NO/c1-7-3-5-8(6-4-7)9-10-2/h7H,3-6H2,1-2H3. The zero-order chi connectivity index (χ0) is 7.40. The molecule has 1 fully saturated rings. The van der Waals surface area contributed by atoms with Crippen LogP contribution in [0.3, 0.4) is 0 Å². The van der Waals surface area contributed by atoms with Crippen molar-refractivity contribution in [1.29, 1.82) is 0 Å². The maximum Gasteiger partial charge on any atom is 0.106 e. The predicted octanol–water partition coefficient (Wildman–Crippen LogP) is 2.20. The lowest BCUT2D eigenvalue weighted by Crippen LogP contribution is -2.11. The Morgan fingerprint density at radius 2 is 2.00 bits per heavy atom. The highest BCUT2D eigenvalue weighted by Crippen LogP contribution is 2.21. The fourth-order valence-electron chi connectivity index (χ4n) is 1.32. The quantitative estimate of drug-likeness (QED) is 0.513. The molecule has 0 aromatic heterocycles. The Morgan fingerprint density at radius 1 is 1.40 bits per heavy atom. The molecule has 2 nitrogen and oxygen atoms in total. The molecule has 0 bridgehead atoms. The van der Waals surface area contributed by atoms with Crippen LogP contribution in [0.5, 0.6) is 0 Å². The Labute approximate surface area is 62.3 Å². The second-order valence-electron chi connectivity index (χ2n) is 3.02. The molecule has 1 rings (SSSR count). The average Bonchev–Trinajstić information content (AvgIpc) is 1.95. The Bertz CT molecular complexity index is 121. The highest BCUT2D eigenvalue weighted by Gasteiger charge is 2.13. The zero-order valence-corrected chi connectivity index (χ0v) is 6.76. The minimum Gasteiger partial charge on any atom is -0.399 e. The van der Waals surface area contributed by atoms with Crippen molar-refractivity contribution < 1.29 is 4.84 Å². The van der Waals surface area contributed by atoms with Crippen LogP contribution in [0.4, 0.5) is 0 Å². The highest BCUT2D eigenvalue weighted by molar-refractivity contribution is 5.84. The Hall–Kier alpha value is -0.530. The van der Waals surface area contributed by atoms with Crippen LogP contribution in [0.2, 0.25) is 0 Å². The van der Waals surface area contributed by atoms with E-state index in [-0.39, 0.29) is 0 Å². The van der Waals surface area contributed by atoms with Crippen molar-refractivity contribution in [3.05, 3.63) is 0 Å². The van der Waals surface area contributed by atoms with Crippen molar-refractivity contribution >= 4 is 5.71 Å². The molecule has 0 unspecified atom stereocenters. The number of oxime groups is 1. The third-order valence-electron chi connectivity index (χ3n) is 2.07. The fourth-order valence-corrected chi connectivity index (χ4v) is 1.32. The van der Waals surface area contributed by atoms with Gasteiger partial charge in [-0.3, -0.25) is 0 Å². The van der Waals surface area contributed by atoms with Gasteiger partial charge in [-0.05, 0) is 31.6 Å². The van der Waals surface area contributed by atoms with Gasteiger partial charge in [0.25, 0.3) is 0 Å². The summed E-state index contributed by atoms with van der Waals surface area (Å²) in [6, 6.07) is 0. The molecule has 58 valence electrons. The van der Waals surface area contributed by atoms with Crippen molar-refractivity contribution in [1.82, 2.24) is 0 Å². The summed E-state index contributed by atoms with van der Waals surface area (Å²) in [6.07, 6.45) is 4.83. The molecule has 2 heteroatoms. The first-order chi connectivity index (χ1) is 4.83. The van der Waals surface area contributed by atoms with Crippen LogP contribution in [0.25, 0.3) is 0 Å². The fraction of sp³-hybridized carbons (Fsp3) is 0.875. The Balaban J connectivity index is 2.32. The Morgan fingerprint density at radius 3 is 2.50 bits per heavy atom. The summed E-state index contributed by atoms with van der Waals surface area (Å²) in [6.45, 7) is 2.30. The molecule has 0 aromatic rings. The van der Waals surface area contributed by atoms with Crippen LogP contribution in [0, 0.1) is 5.92 Å². The zero-order valence-electron chi connectivity index (χ0n) is 6.76. The van der Waals surface area contributed by atoms with Crippen LogP contribution in [0.1, 0.15) is 32.6 Å². The summed E-state index contributed by atoms with van der Waals surface area (Å²) in [7, 11) is 1.62. The number of nitrogens with zero attached hydrogens (tertiary/aromatic N) is 1. The molecule has 0 radical (unpaired) electrons. The topological polar surface area (TPSA) is 21.6 Å². The molecule has 1 aliphatic rings. The van der Waals surface area contributed by atoms with Gasteiger partial charge in [0.05, 0.1) is 5.71 Å². The molecule has 0 aromatic carbocycles. The van der Waals surface area contributed by atoms with Gasteiger partial charge in [0, 0.05) is 0 Å². The van der Waals surface area contributed by atoms with E-state index in [1.807, 2.05) is 0 Å². The highest BCUT2D eigenvalue weighted by atomic mass is 16.6. The molecule has 0 atom stereocenters. The lowest BCUT2D eigenvalue weighted by atomic mass is 9.90. The van der Waals surface area contributed by atoms with E-state index in [9.17, 15) is 0 Å². The summed E-state index contributed by atoms with van der Waals surface area (Å²) in [4.78, 5) is 4.70. The van der Waals surface area contributed by atoms with E-state index in [2.05, 4.69) is 12.1 Å². The Kier molecular flexibility index (Phi) is 2.72. The van der Waals surface area contributed by atoms with Crippen molar-refractivity contribution in [2.75, 3.05) is 7.11 Å². The molecule has 10 heavy (non-hydrogen) atoms. The van der Waals surface area contributed by atoms with Gasteiger partial charge in [-0.25, -0.2) is 0 Å². The molecule has 0 amide bonds. The van der Waals surface area contributed by atoms with E-state index in [0.29, 0.717) is 0 Å². The van der Waals surface area contributed by atoms with E-state index in [1.54, 1.807) is 7.11 Å². The van der Waals surface area contributed by atoms with Gasteiger partial charge in [-0.1, -0.05) is 12.1 Å². The SMILES string of the molecule is CON=C1CCC(C)CC1. The van der Waals surface area contributed by atoms with Crippen molar-refractivity contribution in [3.8, 4) is 0 Å². The molecule has 0 aliphatic heterocycles. The smallest absolute Gasteiger partial charge is 0.106 e. The van der Waals surface area contributed by atoms with Gasteiger partial charge in [-0.2, -0.15) is 0 Å².